The molecular formula is C45H42N6O7S2. The third-order valence-corrected chi connectivity index (χ3v) is 11.8. The molecule has 306 valence electrons. The number of allylic oxidation sites excluding steroid dienone is 1. The van der Waals surface area contributed by atoms with Gasteiger partial charge in [-0.3, -0.25) is 24.3 Å². The fourth-order valence-corrected chi connectivity index (χ4v) is 8.51. The monoisotopic (exact) mass is 842 g/mol. The zero-order valence-electron chi connectivity index (χ0n) is 33.2. The number of amides is 2. The number of nitrogens with zero attached hydrogens (tertiary/aromatic N) is 4. The Morgan fingerprint density at radius 2 is 1.52 bits per heavy atom. The van der Waals surface area contributed by atoms with Crippen LogP contribution < -0.4 is 11.1 Å². The Labute approximate surface area is 355 Å². The van der Waals surface area contributed by atoms with Crippen LogP contribution in [0.4, 0.5) is 5.13 Å². The van der Waals surface area contributed by atoms with Crippen molar-refractivity contribution >= 4 is 63.8 Å². The second-order valence-electron chi connectivity index (χ2n) is 14.9. The summed E-state index contributed by atoms with van der Waals surface area (Å²) in [6, 6.07) is 31.2. The maximum atomic E-state index is 14.4. The van der Waals surface area contributed by atoms with Gasteiger partial charge in [0.2, 0.25) is 12.4 Å². The molecule has 13 nitrogen and oxygen atoms in total. The topological polar surface area (TPSA) is 175 Å². The normalized spacial score (nSPS) is 16.8. The first-order valence-corrected chi connectivity index (χ1v) is 20.9. The summed E-state index contributed by atoms with van der Waals surface area (Å²) in [5.41, 5.74) is 8.13. The highest BCUT2D eigenvalue weighted by atomic mass is 32.2. The van der Waals surface area contributed by atoms with E-state index in [9.17, 15) is 19.2 Å². The lowest BCUT2D eigenvalue weighted by Gasteiger charge is -2.49. The molecule has 2 atom stereocenters. The summed E-state index contributed by atoms with van der Waals surface area (Å²) in [7, 11) is 0. The van der Waals surface area contributed by atoms with Crippen molar-refractivity contribution in [2.75, 3.05) is 18.3 Å². The molecule has 0 spiro atoms. The van der Waals surface area contributed by atoms with Gasteiger partial charge in [0.1, 0.15) is 22.8 Å². The molecule has 0 unspecified atom stereocenters. The number of rotatable bonds is 13. The Balaban J connectivity index is 1.20. The van der Waals surface area contributed by atoms with Crippen molar-refractivity contribution in [3.8, 4) is 0 Å². The zero-order valence-corrected chi connectivity index (χ0v) is 34.9. The minimum absolute atomic E-state index is 0.0262. The van der Waals surface area contributed by atoms with E-state index in [-0.39, 0.29) is 28.0 Å². The van der Waals surface area contributed by atoms with Crippen LogP contribution in [-0.2, 0) is 39.1 Å². The highest BCUT2D eigenvalue weighted by molar-refractivity contribution is 8.00. The number of anilines is 1. The Morgan fingerprint density at radius 3 is 2.07 bits per heavy atom. The second kappa shape index (κ2) is 17.7. The van der Waals surface area contributed by atoms with Crippen LogP contribution in [-0.4, -0.2) is 68.3 Å². The highest BCUT2D eigenvalue weighted by Gasteiger charge is 2.55. The Kier molecular flexibility index (Phi) is 12.3. The number of thiazole rings is 1. The standard InChI is InChI=1S/C45H42N6O7S2/c1-28-29(15-14-24-47-28)22-23-30-25-59-40-36(39(53)51(40)37(30)41(54)56-27-57-42(55)44(2,3)4)49-38(52)35(34-26-60-43(46)48-34)50-58-45(31-16-8-5-9-17-31,32-18-10-6-11-19-32)33-20-12-7-13-21-33/h5-24,26,36,40H,25,27H2,1-4H3,(H2,46,48)(H,49,52)/b23-22-,50-35+/t36-,40-/m1/s1. The number of hydrogen-bond acceptors (Lipinski definition) is 13. The van der Waals surface area contributed by atoms with Gasteiger partial charge in [-0.2, -0.15) is 0 Å². The summed E-state index contributed by atoms with van der Waals surface area (Å²) in [5, 5.41) is 8.47. The molecule has 4 heterocycles. The smallest absolute Gasteiger partial charge is 0.358 e. The molecule has 1 saturated heterocycles. The van der Waals surface area contributed by atoms with E-state index in [1.165, 1.54) is 16.7 Å². The van der Waals surface area contributed by atoms with Crippen molar-refractivity contribution in [2.45, 2.75) is 44.7 Å². The maximum Gasteiger partial charge on any atom is 0.358 e. The van der Waals surface area contributed by atoms with Crippen molar-refractivity contribution in [3.05, 3.63) is 166 Å². The number of nitrogens with two attached hydrogens (primary N) is 1. The van der Waals surface area contributed by atoms with Crippen LogP contribution in [0.15, 0.2) is 137 Å². The lowest BCUT2D eigenvalue weighted by Crippen LogP contribution is -2.71. The number of β-lactam (4-membered cyclic amide) rings is 1. The van der Waals surface area contributed by atoms with E-state index in [0.29, 0.717) is 5.57 Å². The number of ether oxygens (including phenoxy) is 2. The summed E-state index contributed by atoms with van der Waals surface area (Å²) in [5.74, 6) is -2.46. The van der Waals surface area contributed by atoms with Crippen molar-refractivity contribution in [3.63, 3.8) is 0 Å². The lowest BCUT2D eigenvalue weighted by atomic mass is 9.80. The maximum absolute atomic E-state index is 14.4. The molecule has 3 N–H and O–H groups in total. The first-order chi connectivity index (χ1) is 28.9. The summed E-state index contributed by atoms with van der Waals surface area (Å²) in [4.78, 5) is 71.3. The first-order valence-electron chi connectivity index (χ1n) is 19.0. The quantitative estimate of drug-likeness (QED) is 0.0326. The number of thioether (sulfide) groups is 1. The number of hydrogen-bond donors (Lipinski definition) is 2. The van der Waals surface area contributed by atoms with Crippen LogP contribution >= 0.6 is 23.1 Å². The van der Waals surface area contributed by atoms with E-state index in [1.54, 1.807) is 50.6 Å². The first kappa shape index (κ1) is 41.6. The fraction of sp³-hybridized carbons (Fsp3) is 0.222. The second-order valence-corrected chi connectivity index (χ2v) is 16.9. The van der Waals surface area contributed by atoms with E-state index < -0.39 is 53.0 Å². The van der Waals surface area contributed by atoms with Crippen LogP contribution in [0.5, 0.6) is 0 Å². The number of pyridine rings is 1. The minimum Gasteiger partial charge on any atom is -0.427 e. The predicted octanol–water partition coefficient (Wildman–Crippen LogP) is 6.60. The molecule has 2 amide bonds. The molecular weight excluding hydrogens is 801 g/mol. The molecule has 3 aromatic carbocycles. The molecule has 0 bridgehead atoms. The number of nitrogens with one attached hydrogen (secondary N) is 1. The van der Waals surface area contributed by atoms with Gasteiger partial charge in [0.25, 0.3) is 11.8 Å². The van der Waals surface area contributed by atoms with Crippen molar-refractivity contribution < 1.29 is 33.5 Å². The molecule has 7 rings (SSSR count). The number of fused-ring (bicyclic) bond motifs is 1. The van der Waals surface area contributed by atoms with Gasteiger partial charge in [0.15, 0.2) is 10.8 Å². The number of benzene rings is 3. The predicted molar refractivity (Wildman–Crippen MR) is 230 cm³/mol. The van der Waals surface area contributed by atoms with Crippen molar-refractivity contribution in [2.24, 2.45) is 10.6 Å². The largest absolute Gasteiger partial charge is 0.427 e. The molecule has 0 radical (unpaired) electrons. The van der Waals surface area contributed by atoms with Crippen LogP contribution in [0.1, 0.15) is 54.4 Å². The Morgan fingerprint density at radius 1 is 0.900 bits per heavy atom. The summed E-state index contributed by atoms with van der Waals surface area (Å²) in [6.07, 6.45) is 5.22. The Hall–Kier alpha value is -6.58. The highest BCUT2D eigenvalue weighted by Crippen LogP contribution is 2.43. The van der Waals surface area contributed by atoms with Gasteiger partial charge in [-0.25, -0.2) is 9.78 Å². The number of nitrogen functional groups attached to an aromatic ring is 1. The van der Waals surface area contributed by atoms with Crippen molar-refractivity contribution in [1.82, 2.24) is 20.2 Å². The average Bonchev–Trinajstić information content (AvgIpc) is 3.69. The number of carbonyl (C=O) groups excluding carboxylic acids is 4. The molecule has 15 heteroatoms. The van der Waals surface area contributed by atoms with E-state index in [2.05, 4.69) is 20.4 Å². The number of esters is 2. The van der Waals surface area contributed by atoms with Gasteiger partial charge in [-0.15, -0.1) is 23.1 Å². The number of oxime groups is 1. The molecule has 2 aliphatic heterocycles. The van der Waals surface area contributed by atoms with Gasteiger partial charge < -0.3 is 25.4 Å². The molecule has 0 aliphatic carbocycles. The van der Waals surface area contributed by atoms with Crippen LogP contribution in [0.3, 0.4) is 0 Å². The summed E-state index contributed by atoms with van der Waals surface area (Å²) >= 11 is 2.48. The Bertz CT molecular complexity index is 2390. The zero-order chi connectivity index (χ0) is 42.4. The number of aryl methyl sites for hydroxylation is 1. The molecule has 1 fully saturated rings. The van der Waals surface area contributed by atoms with Crippen molar-refractivity contribution in [1.29, 1.82) is 0 Å². The number of aromatic nitrogens is 2. The van der Waals surface area contributed by atoms with Crippen LogP contribution in [0, 0.1) is 12.3 Å². The molecule has 2 aromatic heterocycles. The SMILES string of the molecule is Cc1ncccc1/C=C\C1=C(C(=O)OCOC(=O)C(C)(C)C)N2C(=O)[C@@H](NC(=O)/C(=N/OC(c3ccccc3)(c3ccccc3)c3ccccc3)c3csc(N)n3)[C@H]2SC1. The molecule has 0 saturated carbocycles. The van der Waals surface area contributed by atoms with Gasteiger partial charge in [-0.05, 0) is 44.9 Å². The molecule has 5 aromatic rings. The average molecular weight is 843 g/mol. The van der Waals surface area contributed by atoms with Gasteiger partial charge in [0, 0.05) is 39.7 Å². The third kappa shape index (κ3) is 8.58. The van der Waals surface area contributed by atoms with E-state index in [1.807, 2.05) is 104 Å². The van der Waals surface area contributed by atoms with E-state index in [0.717, 1.165) is 39.3 Å². The fourth-order valence-electron chi connectivity index (χ4n) is 6.65. The number of carbonyl (C=O) groups is 4. The summed E-state index contributed by atoms with van der Waals surface area (Å²) in [6.45, 7) is 6.24. The molecule has 2 aliphatic rings. The van der Waals surface area contributed by atoms with Gasteiger partial charge in [0.05, 0.1) is 5.41 Å². The van der Waals surface area contributed by atoms with E-state index >= 15 is 0 Å². The lowest BCUT2D eigenvalue weighted by molar-refractivity contribution is -0.173. The van der Waals surface area contributed by atoms with Gasteiger partial charge in [-0.1, -0.05) is 114 Å². The minimum atomic E-state index is -1.32. The van der Waals surface area contributed by atoms with Crippen LogP contribution in [0.2, 0.25) is 0 Å². The summed E-state index contributed by atoms with van der Waals surface area (Å²) < 4.78 is 10.6. The van der Waals surface area contributed by atoms with Crippen LogP contribution in [0.25, 0.3) is 6.08 Å². The third-order valence-electron chi connectivity index (χ3n) is 9.78. The van der Waals surface area contributed by atoms with E-state index in [4.69, 9.17) is 20.0 Å². The van der Waals surface area contributed by atoms with Gasteiger partial charge >= 0.3 is 11.9 Å². The molecule has 60 heavy (non-hydrogen) atoms.